The van der Waals surface area contributed by atoms with Gasteiger partial charge in [-0.3, -0.25) is 0 Å². The second-order valence-electron chi connectivity index (χ2n) is 4.70. The first-order chi connectivity index (χ1) is 8.95. The molecule has 2 N–H and O–H groups in total. The van der Waals surface area contributed by atoms with Gasteiger partial charge < -0.3 is 10.3 Å². The summed E-state index contributed by atoms with van der Waals surface area (Å²) in [6.45, 7) is 6.19. The number of aromatic nitrogens is 2. The number of hydrogen-bond acceptors (Lipinski definition) is 2. The fourth-order valence-corrected chi connectivity index (χ4v) is 2.74. The van der Waals surface area contributed by atoms with Crippen molar-refractivity contribution in [2.75, 3.05) is 5.73 Å². The lowest BCUT2D eigenvalue weighted by molar-refractivity contribution is 0.579. The number of nitrogens with zero attached hydrogens (tertiary/aromatic N) is 2. The van der Waals surface area contributed by atoms with E-state index in [2.05, 4.69) is 34.8 Å². The van der Waals surface area contributed by atoms with E-state index in [9.17, 15) is 4.39 Å². The normalized spacial score (nSPS) is 11.3. The molecule has 1 heterocycles. The van der Waals surface area contributed by atoms with E-state index in [1.54, 1.807) is 6.07 Å². The fourth-order valence-electron chi connectivity index (χ4n) is 2.20. The van der Waals surface area contributed by atoms with Gasteiger partial charge in [-0.05, 0) is 48.0 Å². The molecule has 1 aromatic heterocycles. The smallest absolute Gasteiger partial charge is 0.132 e. The molecule has 19 heavy (non-hydrogen) atoms. The van der Waals surface area contributed by atoms with E-state index in [1.807, 2.05) is 11.5 Å². The van der Waals surface area contributed by atoms with E-state index >= 15 is 0 Å². The summed E-state index contributed by atoms with van der Waals surface area (Å²) in [4.78, 5) is 4.60. The zero-order valence-electron chi connectivity index (χ0n) is 11.2. The molecule has 0 bridgehead atoms. The van der Waals surface area contributed by atoms with Gasteiger partial charge in [-0.1, -0.05) is 6.92 Å². The summed E-state index contributed by atoms with van der Waals surface area (Å²) in [5.74, 6) is 1.28. The van der Waals surface area contributed by atoms with Crippen LogP contribution in [0.15, 0.2) is 22.7 Å². The molecular formula is C14H17BrFN3. The minimum atomic E-state index is -0.284. The molecule has 0 amide bonds. The third kappa shape index (κ3) is 2.52. The van der Waals surface area contributed by atoms with Gasteiger partial charge in [0, 0.05) is 22.5 Å². The Hall–Kier alpha value is -1.36. The molecule has 0 atom stereocenters. The Morgan fingerprint density at radius 1 is 1.42 bits per heavy atom. The highest BCUT2D eigenvalue weighted by Crippen LogP contribution is 2.34. The van der Waals surface area contributed by atoms with Crippen LogP contribution >= 0.6 is 15.9 Å². The molecule has 3 nitrogen and oxygen atoms in total. The van der Waals surface area contributed by atoms with Gasteiger partial charge >= 0.3 is 0 Å². The molecular weight excluding hydrogens is 309 g/mol. The summed E-state index contributed by atoms with van der Waals surface area (Å²) in [5.41, 5.74) is 7.72. The number of halogens is 2. The highest BCUT2D eigenvalue weighted by atomic mass is 79.9. The third-order valence-electron chi connectivity index (χ3n) is 3.04. The van der Waals surface area contributed by atoms with Crippen LogP contribution in [-0.4, -0.2) is 9.55 Å². The van der Waals surface area contributed by atoms with Gasteiger partial charge in [0.05, 0.1) is 0 Å². The van der Waals surface area contributed by atoms with Gasteiger partial charge in [0.15, 0.2) is 0 Å². The summed E-state index contributed by atoms with van der Waals surface area (Å²) in [6.07, 6.45) is 0.807. The van der Waals surface area contributed by atoms with E-state index in [4.69, 9.17) is 5.73 Å². The first-order valence-electron chi connectivity index (χ1n) is 6.27. The highest BCUT2D eigenvalue weighted by molar-refractivity contribution is 9.10. The Labute approximate surface area is 120 Å². The number of nitrogen functional groups attached to an aromatic ring is 1. The minimum absolute atomic E-state index is 0.246. The van der Waals surface area contributed by atoms with Crippen LogP contribution in [0.4, 0.5) is 10.2 Å². The Bertz CT molecular complexity index is 605. The average Bonchev–Trinajstić information content (AvgIpc) is 2.66. The van der Waals surface area contributed by atoms with Crippen LogP contribution in [0.1, 0.15) is 32.6 Å². The molecule has 0 spiro atoms. The Kier molecular flexibility index (Phi) is 3.94. The lowest BCUT2D eigenvalue weighted by Crippen LogP contribution is -2.08. The van der Waals surface area contributed by atoms with Gasteiger partial charge in [0.1, 0.15) is 23.2 Å². The molecule has 0 saturated heterocycles. The molecule has 5 heteroatoms. The molecule has 1 aromatic carbocycles. The predicted molar refractivity (Wildman–Crippen MR) is 79.5 cm³/mol. The molecule has 2 rings (SSSR count). The highest BCUT2D eigenvalue weighted by Gasteiger charge is 2.18. The summed E-state index contributed by atoms with van der Waals surface area (Å²) in [5, 5.41) is 0. The van der Waals surface area contributed by atoms with Crippen molar-refractivity contribution in [3.05, 3.63) is 34.3 Å². The number of rotatable bonds is 3. The number of aryl methyl sites for hydroxylation is 1. The van der Waals surface area contributed by atoms with Crippen molar-refractivity contribution in [3.8, 4) is 11.3 Å². The lowest BCUT2D eigenvalue weighted by atomic mass is 10.1. The summed E-state index contributed by atoms with van der Waals surface area (Å²) in [7, 11) is 0. The number of anilines is 1. The van der Waals surface area contributed by atoms with Gasteiger partial charge in [-0.25, -0.2) is 9.37 Å². The number of imidazole rings is 1. The number of hydrogen-bond donors (Lipinski definition) is 1. The zero-order chi connectivity index (χ0) is 14.2. The zero-order valence-corrected chi connectivity index (χ0v) is 12.8. The van der Waals surface area contributed by atoms with E-state index in [0.29, 0.717) is 16.0 Å². The molecule has 0 radical (unpaired) electrons. The summed E-state index contributed by atoms with van der Waals surface area (Å²) in [6, 6.07) is 4.78. The van der Waals surface area contributed by atoms with Gasteiger partial charge in [0.25, 0.3) is 0 Å². The number of nitrogens with two attached hydrogens (primary N) is 1. The summed E-state index contributed by atoms with van der Waals surface area (Å²) >= 11 is 3.37. The Balaban J connectivity index is 2.63. The largest absolute Gasteiger partial charge is 0.383 e. The second-order valence-corrected chi connectivity index (χ2v) is 5.56. The van der Waals surface area contributed by atoms with Crippen molar-refractivity contribution >= 4 is 21.7 Å². The van der Waals surface area contributed by atoms with Crippen LogP contribution in [-0.2, 0) is 6.42 Å². The van der Waals surface area contributed by atoms with Crippen LogP contribution in [0.25, 0.3) is 11.3 Å². The van der Waals surface area contributed by atoms with Crippen molar-refractivity contribution in [2.24, 2.45) is 0 Å². The molecule has 2 aromatic rings. The van der Waals surface area contributed by atoms with Crippen molar-refractivity contribution < 1.29 is 4.39 Å². The van der Waals surface area contributed by atoms with Gasteiger partial charge in [-0.2, -0.15) is 0 Å². The van der Waals surface area contributed by atoms with Crippen LogP contribution in [0.2, 0.25) is 0 Å². The van der Waals surface area contributed by atoms with Crippen LogP contribution < -0.4 is 5.73 Å². The molecule has 0 saturated carbocycles. The van der Waals surface area contributed by atoms with E-state index < -0.39 is 0 Å². The van der Waals surface area contributed by atoms with Gasteiger partial charge in [-0.15, -0.1) is 0 Å². The first-order valence-corrected chi connectivity index (χ1v) is 7.07. The van der Waals surface area contributed by atoms with Crippen molar-refractivity contribution in [2.45, 2.75) is 33.2 Å². The third-order valence-corrected chi connectivity index (χ3v) is 3.70. The first kappa shape index (κ1) is 14.1. The standard InChI is InChI=1S/C14H17BrFN3/c1-4-12-18-13(14(17)19(12)8(2)3)10-6-5-9(16)7-11(10)15/h5-8H,4,17H2,1-3H3. The van der Waals surface area contributed by atoms with Crippen molar-refractivity contribution in [1.82, 2.24) is 9.55 Å². The molecule has 0 aliphatic heterocycles. The molecule has 0 aliphatic rings. The lowest BCUT2D eigenvalue weighted by Gasteiger charge is -2.12. The fraction of sp³-hybridized carbons (Fsp3) is 0.357. The monoisotopic (exact) mass is 325 g/mol. The maximum Gasteiger partial charge on any atom is 0.132 e. The van der Waals surface area contributed by atoms with E-state index in [0.717, 1.165) is 17.8 Å². The van der Waals surface area contributed by atoms with Crippen LogP contribution in [0.3, 0.4) is 0 Å². The van der Waals surface area contributed by atoms with Crippen molar-refractivity contribution in [3.63, 3.8) is 0 Å². The Morgan fingerprint density at radius 3 is 2.58 bits per heavy atom. The average molecular weight is 326 g/mol. The molecule has 0 unspecified atom stereocenters. The van der Waals surface area contributed by atoms with Crippen LogP contribution in [0.5, 0.6) is 0 Å². The maximum absolute atomic E-state index is 13.2. The topological polar surface area (TPSA) is 43.8 Å². The quantitative estimate of drug-likeness (QED) is 0.920. The van der Waals surface area contributed by atoms with E-state index in [1.165, 1.54) is 12.1 Å². The minimum Gasteiger partial charge on any atom is -0.383 e. The van der Waals surface area contributed by atoms with E-state index in [-0.39, 0.29) is 11.9 Å². The summed E-state index contributed by atoms with van der Waals surface area (Å²) < 4.78 is 15.8. The Morgan fingerprint density at radius 2 is 2.11 bits per heavy atom. The van der Waals surface area contributed by atoms with Crippen molar-refractivity contribution in [1.29, 1.82) is 0 Å². The number of benzene rings is 1. The van der Waals surface area contributed by atoms with Gasteiger partial charge in [0.2, 0.25) is 0 Å². The predicted octanol–water partition coefficient (Wildman–Crippen LogP) is 4.18. The van der Waals surface area contributed by atoms with Crippen LogP contribution in [0, 0.1) is 5.82 Å². The molecule has 102 valence electrons. The molecule has 0 aliphatic carbocycles. The molecule has 0 fully saturated rings. The maximum atomic E-state index is 13.2. The SMILES string of the molecule is CCc1nc(-c2ccc(F)cc2Br)c(N)n1C(C)C. The second kappa shape index (κ2) is 5.33.